The highest BCUT2D eigenvalue weighted by Crippen LogP contribution is 2.22. The van der Waals surface area contributed by atoms with Gasteiger partial charge < -0.3 is 0 Å². The first kappa shape index (κ1) is 10.7. The average molecular weight is 242 g/mol. The highest BCUT2D eigenvalue weighted by atomic mass is 32.1. The van der Waals surface area contributed by atoms with Crippen LogP contribution in [0.3, 0.4) is 0 Å². The number of rotatable bonds is 2. The van der Waals surface area contributed by atoms with Crippen LogP contribution in [0.15, 0.2) is 41.8 Å². The molecule has 0 radical (unpaired) electrons. The zero-order valence-electron chi connectivity index (χ0n) is 10.0. The third-order valence-corrected chi connectivity index (χ3v) is 4.25. The van der Waals surface area contributed by atoms with Crippen molar-refractivity contribution >= 4 is 17.0 Å². The van der Waals surface area contributed by atoms with Gasteiger partial charge in [-0.3, -0.25) is 0 Å². The molecule has 0 amide bonds. The van der Waals surface area contributed by atoms with Crippen molar-refractivity contribution in [2.45, 2.75) is 13.3 Å². The largest absolute Gasteiger partial charge is 0.228 e. The minimum atomic E-state index is 1.08. The first-order valence-corrected chi connectivity index (χ1v) is 7.02. The van der Waals surface area contributed by atoms with Gasteiger partial charge in [-0.25, -0.2) is 4.58 Å². The van der Waals surface area contributed by atoms with Crippen molar-refractivity contribution in [3.63, 3.8) is 0 Å². The quantitative estimate of drug-likeness (QED) is 0.712. The first-order valence-electron chi connectivity index (χ1n) is 6.14. The highest BCUT2D eigenvalue weighted by Gasteiger charge is 2.26. The molecule has 0 unspecified atom stereocenters. The molecule has 1 nitrogen and oxygen atoms in total. The smallest absolute Gasteiger partial charge is 0.224 e. The molecule has 1 aliphatic heterocycles. The molecule has 0 spiro atoms. The third-order valence-electron chi connectivity index (χ3n) is 3.38. The van der Waals surface area contributed by atoms with E-state index >= 15 is 0 Å². The van der Waals surface area contributed by atoms with Crippen molar-refractivity contribution in [3.05, 3.63) is 57.8 Å². The van der Waals surface area contributed by atoms with Gasteiger partial charge in [-0.2, -0.15) is 0 Å². The van der Waals surface area contributed by atoms with Crippen molar-refractivity contribution in [3.8, 4) is 0 Å². The second-order valence-corrected chi connectivity index (χ2v) is 5.26. The Bertz CT molecular complexity index is 552. The molecule has 0 aliphatic carbocycles. The van der Waals surface area contributed by atoms with Crippen LogP contribution in [0.2, 0.25) is 0 Å². The van der Waals surface area contributed by atoms with Crippen LogP contribution in [0.25, 0.3) is 0 Å². The lowest BCUT2D eigenvalue weighted by molar-refractivity contribution is -0.524. The predicted molar refractivity (Wildman–Crippen MR) is 73.3 cm³/mol. The summed E-state index contributed by atoms with van der Waals surface area (Å²) >= 11 is 1.83. The Morgan fingerprint density at radius 2 is 2.06 bits per heavy atom. The van der Waals surface area contributed by atoms with E-state index in [1.54, 1.807) is 0 Å². The normalized spacial score (nSPS) is 14.9. The molecule has 1 aromatic carbocycles. The number of thiophene rings is 1. The summed E-state index contributed by atoms with van der Waals surface area (Å²) in [6.07, 6.45) is 1.17. The van der Waals surface area contributed by atoms with E-state index < -0.39 is 0 Å². The Labute approximate surface area is 106 Å². The molecular weight excluding hydrogens is 226 g/mol. The van der Waals surface area contributed by atoms with Crippen molar-refractivity contribution in [2.75, 3.05) is 13.1 Å². The summed E-state index contributed by atoms with van der Waals surface area (Å²) in [5.74, 6) is 0. The van der Waals surface area contributed by atoms with Gasteiger partial charge in [0, 0.05) is 6.42 Å². The van der Waals surface area contributed by atoms with Crippen LogP contribution in [0, 0.1) is 0 Å². The number of likely N-dealkylation sites (N-methyl/N-ethyl adjacent to an activating group) is 1. The van der Waals surface area contributed by atoms with Crippen LogP contribution in [-0.4, -0.2) is 23.4 Å². The van der Waals surface area contributed by atoms with Crippen molar-refractivity contribution in [2.24, 2.45) is 0 Å². The number of hydrogen-bond donors (Lipinski definition) is 0. The van der Waals surface area contributed by atoms with Crippen LogP contribution >= 0.6 is 11.3 Å². The van der Waals surface area contributed by atoms with E-state index in [2.05, 4.69) is 53.3 Å². The van der Waals surface area contributed by atoms with Gasteiger partial charge in [0.15, 0.2) is 0 Å². The van der Waals surface area contributed by atoms with Crippen LogP contribution in [0.1, 0.15) is 22.9 Å². The maximum atomic E-state index is 2.49. The Morgan fingerprint density at radius 3 is 2.82 bits per heavy atom. The van der Waals surface area contributed by atoms with Crippen molar-refractivity contribution in [1.29, 1.82) is 0 Å². The second kappa shape index (κ2) is 4.46. The van der Waals surface area contributed by atoms with E-state index in [0.717, 1.165) is 13.1 Å². The van der Waals surface area contributed by atoms with E-state index in [0.29, 0.717) is 0 Å². The molecule has 1 aromatic heterocycles. The molecule has 2 aromatic rings. The van der Waals surface area contributed by atoms with Crippen molar-refractivity contribution in [1.82, 2.24) is 0 Å². The Hall–Kier alpha value is -1.41. The maximum absolute atomic E-state index is 2.49. The van der Waals surface area contributed by atoms with Crippen LogP contribution in [0.5, 0.6) is 0 Å². The summed E-state index contributed by atoms with van der Waals surface area (Å²) in [6, 6.07) is 13.2. The molecule has 2 heterocycles. The summed E-state index contributed by atoms with van der Waals surface area (Å²) in [6.45, 7) is 4.46. The molecule has 0 saturated carbocycles. The van der Waals surface area contributed by atoms with Gasteiger partial charge in [-0.15, -0.1) is 11.3 Å². The molecule has 2 heteroatoms. The van der Waals surface area contributed by atoms with E-state index in [1.165, 1.54) is 28.1 Å². The average Bonchev–Trinajstić information content (AvgIpc) is 2.91. The van der Waals surface area contributed by atoms with Gasteiger partial charge >= 0.3 is 0 Å². The first-order chi connectivity index (χ1) is 8.40. The molecule has 0 N–H and O–H groups in total. The van der Waals surface area contributed by atoms with E-state index in [4.69, 9.17) is 0 Å². The Balaban J connectivity index is 2.22. The minimum Gasteiger partial charge on any atom is -0.228 e. The number of fused-ring (bicyclic) bond motifs is 1. The van der Waals surface area contributed by atoms with Gasteiger partial charge in [0.05, 0.1) is 10.4 Å². The molecular formula is C15H16NS+. The lowest BCUT2D eigenvalue weighted by atomic mass is 9.96. The van der Waals surface area contributed by atoms with Gasteiger partial charge in [0.1, 0.15) is 13.1 Å². The zero-order valence-corrected chi connectivity index (χ0v) is 10.8. The molecule has 0 bridgehead atoms. The van der Waals surface area contributed by atoms with Gasteiger partial charge in [0.25, 0.3) is 0 Å². The lowest BCUT2D eigenvalue weighted by Crippen LogP contribution is -2.30. The number of nitrogens with zero attached hydrogens (tertiary/aromatic N) is 1. The fourth-order valence-corrected chi connectivity index (χ4v) is 3.34. The number of hydrogen-bond acceptors (Lipinski definition) is 1. The summed E-state index contributed by atoms with van der Waals surface area (Å²) in [5, 5.41) is 2.16. The van der Waals surface area contributed by atoms with Gasteiger partial charge in [0.2, 0.25) is 5.71 Å². The molecule has 1 aliphatic rings. The topological polar surface area (TPSA) is 3.01 Å². The second-order valence-electron chi connectivity index (χ2n) is 4.31. The maximum Gasteiger partial charge on any atom is 0.224 e. The van der Waals surface area contributed by atoms with Crippen molar-refractivity contribution < 1.29 is 4.58 Å². The summed E-state index contributed by atoms with van der Waals surface area (Å²) in [5.41, 5.74) is 4.33. The predicted octanol–water partition coefficient (Wildman–Crippen LogP) is 3.17. The highest BCUT2D eigenvalue weighted by molar-refractivity contribution is 7.12. The molecule has 3 rings (SSSR count). The number of benzene rings is 1. The van der Waals surface area contributed by atoms with Crippen LogP contribution in [0.4, 0.5) is 0 Å². The third kappa shape index (κ3) is 1.83. The van der Waals surface area contributed by atoms with E-state index in [9.17, 15) is 0 Å². The van der Waals surface area contributed by atoms with E-state index in [-0.39, 0.29) is 0 Å². The summed E-state index contributed by atoms with van der Waals surface area (Å²) < 4.78 is 2.49. The van der Waals surface area contributed by atoms with Gasteiger partial charge in [-0.05, 0) is 30.0 Å². The Morgan fingerprint density at radius 1 is 1.18 bits per heavy atom. The zero-order chi connectivity index (χ0) is 11.7. The minimum absolute atomic E-state index is 1.08. The summed E-state index contributed by atoms with van der Waals surface area (Å²) in [4.78, 5) is 1.39. The van der Waals surface area contributed by atoms with Crippen LogP contribution < -0.4 is 0 Å². The Kier molecular flexibility index (Phi) is 2.81. The monoisotopic (exact) mass is 242 g/mol. The van der Waals surface area contributed by atoms with Gasteiger partial charge in [-0.1, -0.05) is 24.3 Å². The fourth-order valence-electron chi connectivity index (χ4n) is 2.52. The molecule has 0 fully saturated rings. The van der Waals surface area contributed by atoms with Crippen LogP contribution in [-0.2, 0) is 6.42 Å². The molecule has 0 saturated heterocycles. The summed E-state index contributed by atoms with van der Waals surface area (Å²) in [7, 11) is 0. The molecule has 86 valence electrons. The lowest BCUT2D eigenvalue weighted by Gasteiger charge is -2.16. The molecule has 17 heavy (non-hydrogen) atoms. The standard InChI is InChI=1S/C15H16NS/c1-2-16-10-9-12-6-3-4-7-13(12)15(16)14-8-5-11-17-14/h3-8,11H,2,9-10H2,1H3/q+1. The van der Waals surface area contributed by atoms with E-state index in [1.807, 2.05) is 11.3 Å². The SMILES string of the molecule is CC[N+]1=C(c2cccs2)c2ccccc2CC1. The molecule has 0 atom stereocenters. The fraction of sp³-hybridized carbons (Fsp3) is 0.267.